The average molecular weight is 224 g/mol. The lowest BCUT2D eigenvalue weighted by Crippen LogP contribution is -2.38. The highest BCUT2D eigenvalue weighted by molar-refractivity contribution is 6.04. The monoisotopic (exact) mass is 224 g/mol. The third-order valence-electron chi connectivity index (χ3n) is 2.71. The Morgan fingerprint density at radius 3 is 2.81 bits per heavy atom. The Morgan fingerprint density at radius 2 is 2.31 bits per heavy atom. The number of carboxylic acids is 1. The smallest absolute Gasteiger partial charge is 0.319 e. The van der Waals surface area contributed by atoms with Gasteiger partial charge in [0.1, 0.15) is 17.6 Å². The number of aliphatic carboxylic acids is 1. The standard InChI is InChI=1S/C9H12N4O3/c14-7(9(2-3-9)8(15)16)10-4-1-6-11-5-12-13-6/h5H,1-4H2,(H,10,14)(H,15,16)(H,11,12,13). The molecule has 1 aromatic rings. The van der Waals surface area contributed by atoms with Crippen LogP contribution in [0.5, 0.6) is 0 Å². The molecule has 1 heterocycles. The molecule has 0 spiro atoms. The van der Waals surface area contributed by atoms with Crippen molar-refractivity contribution < 1.29 is 14.7 Å². The molecule has 0 aliphatic heterocycles. The maximum Gasteiger partial charge on any atom is 0.319 e. The Morgan fingerprint density at radius 1 is 1.56 bits per heavy atom. The molecule has 0 bridgehead atoms. The Balaban J connectivity index is 1.79. The third kappa shape index (κ3) is 1.88. The number of rotatable bonds is 5. The second kappa shape index (κ2) is 3.92. The summed E-state index contributed by atoms with van der Waals surface area (Å²) in [7, 11) is 0. The van der Waals surface area contributed by atoms with Gasteiger partial charge in [-0.05, 0) is 12.8 Å². The molecule has 1 aliphatic rings. The van der Waals surface area contributed by atoms with Gasteiger partial charge in [0.25, 0.3) is 0 Å². The second-order valence-electron chi connectivity index (χ2n) is 3.83. The number of carbonyl (C=O) groups excluding carboxylic acids is 1. The number of carbonyl (C=O) groups is 2. The van der Waals surface area contributed by atoms with E-state index in [2.05, 4.69) is 20.5 Å². The highest BCUT2D eigenvalue weighted by Crippen LogP contribution is 2.45. The van der Waals surface area contributed by atoms with E-state index in [0.29, 0.717) is 31.6 Å². The van der Waals surface area contributed by atoms with Gasteiger partial charge in [-0.15, -0.1) is 0 Å². The molecular weight excluding hydrogens is 212 g/mol. The number of nitrogens with one attached hydrogen (secondary N) is 2. The van der Waals surface area contributed by atoms with Crippen molar-refractivity contribution in [2.45, 2.75) is 19.3 Å². The molecule has 1 amide bonds. The van der Waals surface area contributed by atoms with Crippen molar-refractivity contribution in [3.05, 3.63) is 12.2 Å². The normalized spacial score (nSPS) is 16.8. The number of H-pyrrole nitrogens is 1. The van der Waals surface area contributed by atoms with Gasteiger partial charge in [0.2, 0.25) is 5.91 Å². The minimum absolute atomic E-state index is 0.364. The van der Waals surface area contributed by atoms with Gasteiger partial charge >= 0.3 is 5.97 Å². The fraction of sp³-hybridized carbons (Fsp3) is 0.556. The zero-order valence-corrected chi connectivity index (χ0v) is 8.56. The van der Waals surface area contributed by atoms with E-state index in [9.17, 15) is 9.59 Å². The van der Waals surface area contributed by atoms with Crippen molar-refractivity contribution in [2.75, 3.05) is 6.54 Å². The molecule has 1 aromatic heterocycles. The van der Waals surface area contributed by atoms with Crippen LogP contribution < -0.4 is 5.32 Å². The maximum atomic E-state index is 11.6. The summed E-state index contributed by atoms with van der Waals surface area (Å²) in [5.41, 5.74) is -1.17. The van der Waals surface area contributed by atoms with Crippen LogP contribution in [-0.4, -0.2) is 38.7 Å². The lowest BCUT2D eigenvalue weighted by molar-refractivity contribution is -0.149. The van der Waals surface area contributed by atoms with Crippen molar-refractivity contribution in [3.63, 3.8) is 0 Å². The van der Waals surface area contributed by atoms with Crippen LogP contribution in [0.1, 0.15) is 18.7 Å². The Bertz CT molecular complexity index is 397. The molecule has 0 unspecified atom stereocenters. The van der Waals surface area contributed by atoms with E-state index in [1.165, 1.54) is 6.33 Å². The lowest BCUT2D eigenvalue weighted by Gasteiger charge is -2.09. The Kier molecular flexibility index (Phi) is 2.59. The Labute approximate surface area is 91.3 Å². The van der Waals surface area contributed by atoms with E-state index in [0.717, 1.165) is 0 Å². The molecule has 0 saturated heterocycles. The van der Waals surface area contributed by atoms with Crippen molar-refractivity contribution in [2.24, 2.45) is 5.41 Å². The molecular formula is C9H12N4O3. The van der Waals surface area contributed by atoms with Gasteiger partial charge in [-0.25, -0.2) is 4.98 Å². The molecule has 0 aromatic carbocycles. The molecule has 2 rings (SSSR count). The first kappa shape index (κ1) is 10.6. The molecule has 0 radical (unpaired) electrons. The van der Waals surface area contributed by atoms with Gasteiger partial charge < -0.3 is 10.4 Å². The third-order valence-corrected chi connectivity index (χ3v) is 2.71. The highest BCUT2D eigenvalue weighted by Gasteiger charge is 2.56. The van der Waals surface area contributed by atoms with Crippen LogP contribution in [0.4, 0.5) is 0 Å². The van der Waals surface area contributed by atoms with E-state index < -0.39 is 17.3 Å². The van der Waals surface area contributed by atoms with Crippen molar-refractivity contribution in [1.29, 1.82) is 0 Å². The lowest BCUT2D eigenvalue weighted by atomic mass is 10.1. The average Bonchev–Trinajstić information content (AvgIpc) is 2.92. The number of hydrogen-bond acceptors (Lipinski definition) is 4. The molecule has 7 nitrogen and oxygen atoms in total. The van der Waals surface area contributed by atoms with Crippen LogP contribution in [0.25, 0.3) is 0 Å². The van der Waals surface area contributed by atoms with Gasteiger partial charge in [-0.2, -0.15) is 5.10 Å². The van der Waals surface area contributed by atoms with Crippen molar-refractivity contribution in [1.82, 2.24) is 20.5 Å². The van der Waals surface area contributed by atoms with E-state index in [1.54, 1.807) is 0 Å². The fourth-order valence-electron chi connectivity index (χ4n) is 1.48. The summed E-state index contributed by atoms with van der Waals surface area (Å²) in [6.45, 7) is 0.364. The van der Waals surface area contributed by atoms with Gasteiger partial charge in [0.05, 0.1) is 0 Å². The van der Waals surface area contributed by atoms with Crippen molar-refractivity contribution >= 4 is 11.9 Å². The number of aromatic nitrogens is 3. The minimum atomic E-state index is -1.17. The maximum absolute atomic E-state index is 11.6. The molecule has 1 saturated carbocycles. The molecule has 7 heteroatoms. The molecule has 16 heavy (non-hydrogen) atoms. The Hall–Kier alpha value is -1.92. The summed E-state index contributed by atoms with van der Waals surface area (Å²) in [4.78, 5) is 26.3. The minimum Gasteiger partial charge on any atom is -0.480 e. The molecule has 3 N–H and O–H groups in total. The number of hydrogen-bond donors (Lipinski definition) is 3. The number of nitrogens with zero attached hydrogens (tertiary/aromatic N) is 2. The molecule has 86 valence electrons. The highest BCUT2D eigenvalue weighted by atomic mass is 16.4. The first-order valence-corrected chi connectivity index (χ1v) is 5.01. The predicted molar refractivity (Wildman–Crippen MR) is 52.4 cm³/mol. The van der Waals surface area contributed by atoms with Gasteiger partial charge in [-0.1, -0.05) is 0 Å². The van der Waals surface area contributed by atoms with Gasteiger partial charge in [0, 0.05) is 13.0 Å². The van der Waals surface area contributed by atoms with Crippen LogP contribution in [0.2, 0.25) is 0 Å². The van der Waals surface area contributed by atoms with E-state index >= 15 is 0 Å². The zero-order chi connectivity index (χ0) is 11.6. The number of carboxylic acid groups (broad SMARTS) is 1. The van der Waals surface area contributed by atoms with Crippen LogP contribution in [0, 0.1) is 5.41 Å². The first-order chi connectivity index (χ1) is 7.65. The molecule has 0 atom stereocenters. The van der Waals surface area contributed by atoms with Crippen LogP contribution in [0.3, 0.4) is 0 Å². The van der Waals surface area contributed by atoms with E-state index in [1.807, 2.05) is 0 Å². The number of aromatic amines is 1. The largest absolute Gasteiger partial charge is 0.480 e. The van der Waals surface area contributed by atoms with E-state index in [-0.39, 0.29) is 0 Å². The summed E-state index contributed by atoms with van der Waals surface area (Å²) in [5, 5.41) is 17.8. The summed E-state index contributed by atoms with van der Waals surface area (Å²) >= 11 is 0. The fourth-order valence-corrected chi connectivity index (χ4v) is 1.48. The topological polar surface area (TPSA) is 108 Å². The van der Waals surface area contributed by atoms with E-state index in [4.69, 9.17) is 5.11 Å². The second-order valence-corrected chi connectivity index (χ2v) is 3.83. The van der Waals surface area contributed by atoms with Crippen LogP contribution in [-0.2, 0) is 16.0 Å². The summed E-state index contributed by atoms with van der Waals surface area (Å²) in [6.07, 6.45) is 2.76. The summed E-state index contributed by atoms with van der Waals surface area (Å²) in [6, 6.07) is 0. The number of amides is 1. The first-order valence-electron chi connectivity index (χ1n) is 5.01. The molecule has 1 fully saturated rings. The zero-order valence-electron chi connectivity index (χ0n) is 8.56. The SMILES string of the molecule is O=C(O)C1(C(=O)NCCc2ncn[nH]2)CC1. The van der Waals surface area contributed by atoms with Crippen LogP contribution in [0.15, 0.2) is 6.33 Å². The predicted octanol–water partition coefficient (Wildman–Crippen LogP) is -0.672. The summed E-state index contributed by atoms with van der Waals surface area (Å²) < 4.78 is 0. The summed E-state index contributed by atoms with van der Waals surface area (Å²) in [5.74, 6) is -0.773. The van der Waals surface area contributed by atoms with Gasteiger partial charge in [-0.3, -0.25) is 14.7 Å². The van der Waals surface area contributed by atoms with Crippen molar-refractivity contribution in [3.8, 4) is 0 Å². The van der Waals surface area contributed by atoms with Gasteiger partial charge in [0.15, 0.2) is 0 Å². The molecule has 1 aliphatic carbocycles. The quantitative estimate of drug-likeness (QED) is 0.575. The van der Waals surface area contributed by atoms with Crippen LogP contribution >= 0.6 is 0 Å².